The minimum atomic E-state index is -0.204. The highest BCUT2D eigenvalue weighted by molar-refractivity contribution is 9.10. The van der Waals surface area contributed by atoms with Crippen molar-refractivity contribution in [3.05, 3.63) is 57.5 Å². The Hall–Kier alpha value is -2.05. The van der Waals surface area contributed by atoms with Gasteiger partial charge in [-0.25, -0.2) is 0 Å². The van der Waals surface area contributed by atoms with Gasteiger partial charge in [0.2, 0.25) is 5.91 Å². The molecule has 3 rings (SSSR count). The van der Waals surface area contributed by atoms with Gasteiger partial charge in [-0.15, -0.1) is 0 Å². The average molecular weight is 465 g/mol. The first-order valence-corrected chi connectivity index (χ1v) is 10.4. The molecule has 1 saturated heterocycles. The summed E-state index contributed by atoms with van der Waals surface area (Å²) < 4.78 is 0.733. The Balaban J connectivity index is 1.78. The van der Waals surface area contributed by atoms with Crippen molar-refractivity contribution < 1.29 is 9.59 Å². The van der Waals surface area contributed by atoms with Crippen molar-refractivity contribution in [3.8, 4) is 0 Å². The molecule has 0 aliphatic carbocycles. The van der Waals surface area contributed by atoms with Gasteiger partial charge in [-0.1, -0.05) is 37.6 Å². The van der Waals surface area contributed by atoms with Crippen LogP contribution in [0, 0.1) is 5.92 Å². The van der Waals surface area contributed by atoms with E-state index >= 15 is 0 Å². The van der Waals surface area contributed by atoms with Gasteiger partial charge in [-0.3, -0.25) is 9.59 Å². The fourth-order valence-electron chi connectivity index (χ4n) is 3.25. The molecule has 1 aliphatic heterocycles. The number of amides is 2. The molecular formula is C21H23BrClN3O2. The number of carbonyl (C=O) groups excluding carboxylic acids is 2. The zero-order valence-electron chi connectivity index (χ0n) is 15.9. The van der Waals surface area contributed by atoms with Gasteiger partial charge in [0.05, 0.1) is 16.9 Å². The van der Waals surface area contributed by atoms with Crippen molar-refractivity contribution in [1.29, 1.82) is 0 Å². The smallest absolute Gasteiger partial charge is 0.256 e. The third-order valence-electron chi connectivity index (χ3n) is 4.75. The normalized spacial score (nSPS) is 14.3. The molecule has 1 aliphatic rings. The number of hydrogen-bond donors (Lipinski definition) is 1. The fourth-order valence-corrected chi connectivity index (χ4v) is 3.89. The molecule has 1 heterocycles. The summed E-state index contributed by atoms with van der Waals surface area (Å²) >= 11 is 9.60. The van der Waals surface area contributed by atoms with Gasteiger partial charge in [0.25, 0.3) is 5.91 Å². The van der Waals surface area contributed by atoms with E-state index in [2.05, 4.69) is 26.1 Å². The van der Waals surface area contributed by atoms with Crippen LogP contribution in [0.5, 0.6) is 0 Å². The monoisotopic (exact) mass is 463 g/mol. The van der Waals surface area contributed by atoms with E-state index in [-0.39, 0.29) is 17.7 Å². The van der Waals surface area contributed by atoms with Gasteiger partial charge in [-0.05, 0) is 46.3 Å². The molecule has 0 unspecified atom stereocenters. The van der Waals surface area contributed by atoms with Crippen LogP contribution in [0.4, 0.5) is 11.4 Å². The molecule has 0 spiro atoms. The third-order valence-corrected chi connectivity index (χ3v) is 5.68. The van der Waals surface area contributed by atoms with Crippen molar-refractivity contribution in [2.24, 2.45) is 5.92 Å². The highest BCUT2D eigenvalue weighted by atomic mass is 79.9. The number of nitrogens with zero attached hydrogens (tertiary/aromatic N) is 2. The number of nitrogens with one attached hydrogen (secondary N) is 1. The summed E-state index contributed by atoms with van der Waals surface area (Å²) in [6, 6.07) is 12.8. The molecule has 148 valence electrons. The highest BCUT2D eigenvalue weighted by Crippen LogP contribution is 2.31. The van der Waals surface area contributed by atoms with Crippen LogP contribution in [0.15, 0.2) is 46.9 Å². The maximum Gasteiger partial charge on any atom is 0.256 e. The molecule has 5 nitrogen and oxygen atoms in total. The van der Waals surface area contributed by atoms with Crippen LogP contribution in [0.1, 0.15) is 24.2 Å². The molecular weight excluding hydrogens is 442 g/mol. The van der Waals surface area contributed by atoms with Crippen molar-refractivity contribution >= 4 is 50.7 Å². The molecule has 0 radical (unpaired) electrons. The van der Waals surface area contributed by atoms with Crippen molar-refractivity contribution in [2.75, 3.05) is 36.4 Å². The van der Waals surface area contributed by atoms with Gasteiger partial charge in [0, 0.05) is 41.6 Å². The second kappa shape index (κ2) is 8.97. The molecule has 0 aromatic heterocycles. The zero-order chi connectivity index (χ0) is 20.3. The van der Waals surface area contributed by atoms with E-state index in [1.54, 1.807) is 12.1 Å². The third kappa shape index (κ3) is 4.67. The fraction of sp³-hybridized carbons (Fsp3) is 0.333. The number of anilines is 2. The number of rotatable bonds is 4. The van der Waals surface area contributed by atoms with Gasteiger partial charge in [-0.2, -0.15) is 0 Å². The Labute approximate surface area is 178 Å². The quantitative estimate of drug-likeness (QED) is 0.716. The molecule has 2 amide bonds. The highest BCUT2D eigenvalue weighted by Gasteiger charge is 2.24. The van der Waals surface area contributed by atoms with Crippen molar-refractivity contribution in [2.45, 2.75) is 13.8 Å². The summed E-state index contributed by atoms with van der Waals surface area (Å²) in [5.74, 6) is -0.0240. The summed E-state index contributed by atoms with van der Waals surface area (Å²) in [7, 11) is 0. The van der Waals surface area contributed by atoms with E-state index in [0.29, 0.717) is 42.5 Å². The average Bonchev–Trinajstić information content (AvgIpc) is 2.68. The topological polar surface area (TPSA) is 52.7 Å². The molecule has 28 heavy (non-hydrogen) atoms. The minimum Gasteiger partial charge on any atom is -0.366 e. The number of halogens is 2. The Morgan fingerprint density at radius 2 is 1.75 bits per heavy atom. The summed E-state index contributed by atoms with van der Waals surface area (Å²) in [4.78, 5) is 29.0. The maximum absolute atomic E-state index is 12.7. The molecule has 1 N–H and O–H groups in total. The summed E-state index contributed by atoms with van der Waals surface area (Å²) in [6.07, 6.45) is 0. The molecule has 1 fully saturated rings. The Morgan fingerprint density at radius 3 is 2.39 bits per heavy atom. The first-order chi connectivity index (χ1) is 13.4. The van der Waals surface area contributed by atoms with Crippen LogP contribution < -0.4 is 10.2 Å². The molecule has 0 saturated carbocycles. The standard InChI is InChI=1S/C21H23BrClN3O2/c1-14(2)21(28)26-11-9-25(10-12-26)19-8-7-15(23)13-18(19)24-20(27)16-5-3-4-6-17(16)22/h3-8,13-14H,9-12H2,1-2H3,(H,24,27). The lowest BCUT2D eigenvalue weighted by atomic mass is 10.1. The summed E-state index contributed by atoms with van der Waals surface area (Å²) in [5.41, 5.74) is 2.12. The van der Waals surface area contributed by atoms with Crippen molar-refractivity contribution in [1.82, 2.24) is 4.90 Å². The van der Waals surface area contributed by atoms with E-state index in [1.165, 1.54) is 0 Å². The van der Waals surface area contributed by atoms with Crippen LogP contribution >= 0.6 is 27.5 Å². The lowest BCUT2D eigenvalue weighted by molar-refractivity contribution is -0.134. The number of carbonyl (C=O) groups is 2. The SMILES string of the molecule is CC(C)C(=O)N1CCN(c2ccc(Cl)cc2NC(=O)c2ccccc2Br)CC1. The maximum atomic E-state index is 12.7. The second-order valence-corrected chi connectivity index (χ2v) is 8.35. The van der Waals surface area contributed by atoms with E-state index in [0.717, 1.165) is 10.2 Å². The van der Waals surface area contributed by atoms with E-state index in [9.17, 15) is 9.59 Å². The predicted molar refractivity (Wildman–Crippen MR) is 117 cm³/mol. The van der Waals surface area contributed by atoms with Crippen LogP contribution in [-0.2, 0) is 4.79 Å². The van der Waals surface area contributed by atoms with E-state index < -0.39 is 0 Å². The molecule has 2 aromatic carbocycles. The van der Waals surface area contributed by atoms with Gasteiger partial charge in [0.15, 0.2) is 0 Å². The number of piperazine rings is 1. The van der Waals surface area contributed by atoms with E-state index in [4.69, 9.17) is 11.6 Å². The summed E-state index contributed by atoms with van der Waals surface area (Å²) in [5, 5.41) is 3.54. The minimum absolute atomic E-state index is 0.00116. The van der Waals surface area contributed by atoms with Gasteiger partial charge in [0.1, 0.15) is 0 Å². The first kappa shape index (κ1) is 20.7. The predicted octanol–water partition coefficient (Wildman–Crippen LogP) is 4.66. The van der Waals surface area contributed by atoms with Crippen LogP contribution in [0.2, 0.25) is 5.02 Å². The lowest BCUT2D eigenvalue weighted by Crippen LogP contribution is -2.50. The summed E-state index contributed by atoms with van der Waals surface area (Å²) in [6.45, 7) is 6.58. The zero-order valence-corrected chi connectivity index (χ0v) is 18.3. The van der Waals surface area contributed by atoms with Crippen molar-refractivity contribution in [3.63, 3.8) is 0 Å². The molecule has 7 heteroatoms. The van der Waals surface area contributed by atoms with Crippen LogP contribution in [0.3, 0.4) is 0 Å². The first-order valence-electron chi connectivity index (χ1n) is 9.26. The van der Waals surface area contributed by atoms with Crippen LogP contribution in [0.25, 0.3) is 0 Å². The van der Waals surface area contributed by atoms with E-state index in [1.807, 2.05) is 49.1 Å². The number of hydrogen-bond acceptors (Lipinski definition) is 3. The molecule has 0 bridgehead atoms. The largest absolute Gasteiger partial charge is 0.366 e. The second-order valence-electron chi connectivity index (χ2n) is 7.06. The van der Waals surface area contributed by atoms with Crippen LogP contribution in [-0.4, -0.2) is 42.9 Å². The molecule has 0 atom stereocenters. The number of benzene rings is 2. The Kier molecular flexibility index (Phi) is 6.62. The van der Waals surface area contributed by atoms with Gasteiger partial charge < -0.3 is 15.1 Å². The molecule has 2 aromatic rings. The Morgan fingerprint density at radius 1 is 1.07 bits per heavy atom. The Bertz CT molecular complexity index is 880. The van der Waals surface area contributed by atoms with Gasteiger partial charge >= 0.3 is 0 Å². The lowest BCUT2D eigenvalue weighted by Gasteiger charge is -2.37.